The summed E-state index contributed by atoms with van der Waals surface area (Å²) in [5, 5.41) is 9.07. The molecule has 0 saturated carbocycles. The quantitative estimate of drug-likeness (QED) is 0.569. The lowest BCUT2D eigenvalue weighted by molar-refractivity contribution is 0.808. The molecular weight excluding hydrogens is 274 g/mol. The SMILES string of the molecule is Cc1ccc(-c2cc3n(-c4ccccc4)c(C)nn3n2)cn1. The minimum Gasteiger partial charge on any atom is -0.280 e. The minimum absolute atomic E-state index is 0.875. The highest BCUT2D eigenvalue weighted by Gasteiger charge is 2.13. The van der Waals surface area contributed by atoms with Gasteiger partial charge in [-0.25, -0.2) is 0 Å². The first kappa shape index (κ1) is 12.8. The Hall–Kier alpha value is -2.95. The number of para-hydroxylation sites is 1. The molecule has 3 aromatic heterocycles. The molecule has 22 heavy (non-hydrogen) atoms. The van der Waals surface area contributed by atoms with Crippen molar-refractivity contribution in [3.63, 3.8) is 0 Å². The zero-order valence-corrected chi connectivity index (χ0v) is 12.4. The van der Waals surface area contributed by atoms with Gasteiger partial charge in [-0.2, -0.15) is 0 Å². The highest BCUT2D eigenvalue weighted by molar-refractivity contribution is 5.64. The lowest BCUT2D eigenvalue weighted by atomic mass is 10.2. The second-order valence-corrected chi connectivity index (χ2v) is 5.28. The van der Waals surface area contributed by atoms with E-state index in [1.165, 1.54) is 0 Å². The van der Waals surface area contributed by atoms with Crippen LogP contribution in [0.2, 0.25) is 0 Å². The van der Waals surface area contributed by atoms with Gasteiger partial charge in [0.25, 0.3) is 0 Å². The second kappa shape index (κ2) is 4.80. The molecule has 0 atom stereocenters. The molecule has 0 aliphatic carbocycles. The highest BCUT2D eigenvalue weighted by atomic mass is 15.5. The number of aryl methyl sites for hydroxylation is 2. The van der Waals surface area contributed by atoms with Crippen LogP contribution in [0.4, 0.5) is 0 Å². The number of hydrogen-bond donors (Lipinski definition) is 0. The monoisotopic (exact) mass is 289 g/mol. The van der Waals surface area contributed by atoms with E-state index in [4.69, 9.17) is 0 Å². The van der Waals surface area contributed by atoms with Crippen LogP contribution >= 0.6 is 0 Å². The summed E-state index contributed by atoms with van der Waals surface area (Å²) in [6.45, 7) is 3.95. The molecule has 108 valence electrons. The molecule has 0 aliphatic rings. The van der Waals surface area contributed by atoms with Gasteiger partial charge in [0.2, 0.25) is 0 Å². The van der Waals surface area contributed by atoms with Crippen molar-refractivity contribution in [2.24, 2.45) is 0 Å². The number of rotatable bonds is 2. The molecule has 0 radical (unpaired) electrons. The molecular formula is C17H15N5. The van der Waals surface area contributed by atoms with Gasteiger partial charge in [-0.3, -0.25) is 9.55 Å². The van der Waals surface area contributed by atoms with Crippen molar-refractivity contribution in [1.29, 1.82) is 0 Å². The first-order chi connectivity index (χ1) is 10.7. The van der Waals surface area contributed by atoms with Gasteiger partial charge in [-0.05, 0) is 38.1 Å². The van der Waals surface area contributed by atoms with E-state index in [0.717, 1.165) is 34.1 Å². The van der Waals surface area contributed by atoms with Crippen LogP contribution in [-0.4, -0.2) is 24.4 Å². The first-order valence-electron chi connectivity index (χ1n) is 7.16. The summed E-state index contributed by atoms with van der Waals surface area (Å²) in [6.07, 6.45) is 1.84. The molecule has 4 aromatic rings. The van der Waals surface area contributed by atoms with Gasteiger partial charge in [0, 0.05) is 29.2 Å². The Morgan fingerprint density at radius 3 is 2.45 bits per heavy atom. The number of pyridine rings is 1. The molecule has 1 aromatic carbocycles. The van der Waals surface area contributed by atoms with Gasteiger partial charge >= 0.3 is 0 Å². The van der Waals surface area contributed by atoms with Crippen molar-refractivity contribution < 1.29 is 0 Å². The normalized spacial score (nSPS) is 11.2. The van der Waals surface area contributed by atoms with E-state index in [2.05, 4.69) is 31.9 Å². The van der Waals surface area contributed by atoms with Gasteiger partial charge < -0.3 is 0 Å². The molecule has 4 rings (SSSR count). The third-order valence-electron chi connectivity index (χ3n) is 3.69. The fraction of sp³-hybridized carbons (Fsp3) is 0.118. The fourth-order valence-electron chi connectivity index (χ4n) is 2.59. The van der Waals surface area contributed by atoms with Gasteiger partial charge in [-0.1, -0.05) is 18.2 Å². The Balaban J connectivity index is 1.89. The Bertz CT molecular complexity index is 933. The highest BCUT2D eigenvalue weighted by Crippen LogP contribution is 2.22. The average Bonchev–Trinajstić information content (AvgIpc) is 3.05. The Labute approximate surface area is 127 Å². The van der Waals surface area contributed by atoms with Gasteiger partial charge in [-0.15, -0.1) is 14.8 Å². The Morgan fingerprint density at radius 1 is 0.909 bits per heavy atom. The molecule has 0 saturated heterocycles. The van der Waals surface area contributed by atoms with Crippen LogP contribution in [-0.2, 0) is 0 Å². The minimum atomic E-state index is 0.875. The van der Waals surface area contributed by atoms with Crippen molar-refractivity contribution >= 4 is 5.65 Å². The van der Waals surface area contributed by atoms with Crippen LogP contribution in [0.3, 0.4) is 0 Å². The molecule has 0 aliphatic heterocycles. The molecule has 0 unspecified atom stereocenters. The van der Waals surface area contributed by atoms with E-state index in [0.29, 0.717) is 0 Å². The number of benzene rings is 1. The fourth-order valence-corrected chi connectivity index (χ4v) is 2.59. The van der Waals surface area contributed by atoms with Crippen molar-refractivity contribution in [2.75, 3.05) is 0 Å². The van der Waals surface area contributed by atoms with Gasteiger partial charge in [0.15, 0.2) is 5.65 Å². The topological polar surface area (TPSA) is 48.0 Å². The van der Waals surface area contributed by atoms with Crippen LogP contribution in [0, 0.1) is 13.8 Å². The summed E-state index contributed by atoms with van der Waals surface area (Å²) in [6, 6.07) is 16.2. The summed E-state index contributed by atoms with van der Waals surface area (Å²) < 4.78 is 3.77. The van der Waals surface area contributed by atoms with Crippen LogP contribution in [0.25, 0.3) is 22.6 Å². The van der Waals surface area contributed by atoms with E-state index in [9.17, 15) is 0 Å². The van der Waals surface area contributed by atoms with E-state index in [-0.39, 0.29) is 0 Å². The molecule has 5 heteroatoms. The zero-order chi connectivity index (χ0) is 15.1. The molecule has 0 fully saturated rings. The predicted molar refractivity (Wildman–Crippen MR) is 85.0 cm³/mol. The molecule has 5 nitrogen and oxygen atoms in total. The third kappa shape index (κ3) is 1.98. The average molecular weight is 289 g/mol. The maximum atomic E-state index is 4.56. The molecule has 0 amide bonds. The third-order valence-corrected chi connectivity index (χ3v) is 3.69. The lowest BCUT2D eigenvalue weighted by Crippen LogP contribution is -1.95. The number of nitrogens with zero attached hydrogens (tertiary/aromatic N) is 5. The molecule has 0 spiro atoms. The van der Waals surface area contributed by atoms with Crippen molar-refractivity contribution in [1.82, 2.24) is 24.4 Å². The molecule has 0 N–H and O–H groups in total. The van der Waals surface area contributed by atoms with Crippen LogP contribution < -0.4 is 0 Å². The smallest absolute Gasteiger partial charge is 0.163 e. The summed E-state index contributed by atoms with van der Waals surface area (Å²) in [7, 11) is 0. The summed E-state index contributed by atoms with van der Waals surface area (Å²) >= 11 is 0. The molecule has 0 bridgehead atoms. The van der Waals surface area contributed by atoms with Crippen molar-refractivity contribution in [3.05, 3.63) is 66.2 Å². The first-order valence-corrected chi connectivity index (χ1v) is 7.16. The Kier molecular flexibility index (Phi) is 2.79. The Morgan fingerprint density at radius 2 is 1.73 bits per heavy atom. The second-order valence-electron chi connectivity index (χ2n) is 5.28. The van der Waals surface area contributed by atoms with Crippen LogP contribution in [0.15, 0.2) is 54.7 Å². The van der Waals surface area contributed by atoms with Crippen LogP contribution in [0.5, 0.6) is 0 Å². The maximum absolute atomic E-state index is 4.56. The van der Waals surface area contributed by atoms with E-state index in [1.54, 1.807) is 4.63 Å². The van der Waals surface area contributed by atoms with E-state index in [1.807, 2.05) is 56.4 Å². The van der Waals surface area contributed by atoms with Gasteiger partial charge in [0.1, 0.15) is 5.82 Å². The van der Waals surface area contributed by atoms with E-state index >= 15 is 0 Å². The van der Waals surface area contributed by atoms with Crippen molar-refractivity contribution in [3.8, 4) is 16.9 Å². The summed E-state index contributed by atoms with van der Waals surface area (Å²) in [5.41, 5.74) is 4.89. The number of aromatic nitrogens is 5. The lowest BCUT2D eigenvalue weighted by Gasteiger charge is -2.03. The zero-order valence-electron chi connectivity index (χ0n) is 12.4. The largest absolute Gasteiger partial charge is 0.280 e. The van der Waals surface area contributed by atoms with E-state index < -0.39 is 0 Å². The van der Waals surface area contributed by atoms with Crippen molar-refractivity contribution in [2.45, 2.75) is 13.8 Å². The predicted octanol–water partition coefficient (Wildman–Crippen LogP) is 3.20. The molecule has 3 heterocycles. The number of hydrogen-bond acceptors (Lipinski definition) is 3. The van der Waals surface area contributed by atoms with Crippen LogP contribution in [0.1, 0.15) is 11.5 Å². The summed E-state index contributed by atoms with van der Waals surface area (Å²) in [5.74, 6) is 0.905. The number of fused-ring (bicyclic) bond motifs is 1. The van der Waals surface area contributed by atoms with Gasteiger partial charge in [0.05, 0.1) is 5.69 Å². The summed E-state index contributed by atoms with van der Waals surface area (Å²) in [4.78, 5) is 4.33. The standard InChI is InChI=1S/C17H15N5/c1-12-8-9-14(11-18-12)16-10-17-21(13(2)19-22(17)20-16)15-6-4-3-5-7-15/h3-11H,1-2H3. The maximum Gasteiger partial charge on any atom is 0.163 e.